The van der Waals surface area contributed by atoms with Crippen molar-refractivity contribution in [2.24, 2.45) is 5.41 Å². The van der Waals surface area contributed by atoms with E-state index < -0.39 is 0 Å². The van der Waals surface area contributed by atoms with Gasteiger partial charge in [0.15, 0.2) is 0 Å². The number of aliphatic hydroxyl groups excluding tert-OH is 1. The number of rotatable bonds is 2. The molecule has 2 unspecified atom stereocenters. The molecule has 2 atom stereocenters. The fourth-order valence-corrected chi connectivity index (χ4v) is 3.60. The highest BCUT2D eigenvalue weighted by atomic mass is 16.3. The number of likely N-dealkylation sites (N-methyl/N-ethyl adjacent to an activating group) is 1. The lowest BCUT2D eigenvalue weighted by molar-refractivity contribution is -0.0603. The lowest BCUT2D eigenvalue weighted by Gasteiger charge is -2.46. The molecule has 16 heavy (non-hydrogen) atoms. The Hall–Kier alpha value is -0.0800. The van der Waals surface area contributed by atoms with Crippen LogP contribution >= 0.6 is 0 Å². The summed E-state index contributed by atoms with van der Waals surface area (Å²) >= 11 is 0. The van der Waals surface area contributed by atoms with Crippen molar-refractivity contribution in [3.63, 3.8) is 0 Å². The average Bonchev–Trinajstić information content (AvgIpc) is 2.74. The van der Waals surface area contributed by atoms with Crippen molar-refractivity contribution in [1.82, 2.24) is 4.90 Å². The zero-order chi connectivity index (χ0) is 11.8. The van der Waals surface area contributed by atoms with E-state index in [1.165, 1.54) is 44.9 Å². The Bertz CT molecular complexity index is 233. The van der Waals surface area contributed by atoms with Crippen molar-refractivity contribution in [3.05, 3.63) is 0 Å². The highest BCUT2D eigenvalue weighted by Gasteiger charge is 2.41. The fraction of sp³-hybridized carbons (Fsp3) is 1.00. The van der Waals surface area contributed by atoms with E-state index in [-0.39, 0.29) is 11.5 Å². The van der Waals surface area contributed by atoms with Crippen LogP contribution in [0.5, 0.6) is 0 Å². The van der Waals surface area contributed by atoms with E-state index in [1.807, 2.05) is 0 Å². The van der Waals surface area contributed by atoms with E-state index in [1.54, 1.807) is 0 Å². The number of nitrogens with zero attached hydrogens (tertiary/aromatic N) is 1. The normalized spacial score (nSPS) is 35.8. The summed E-state index contributed by atoms with van der Waals surface area (Å²) in [6.45, 7) is 4.43. The molecule has 0 aliphatic heterocycles. The highest BCUT2D eigenvalue weighted by Crippen LogP contribution is 2.39. The molecule has 2 rings (SSSR count). The molecule has 0 saturated heterocycles. The molecule has 2 heteroatoms. The first-order chi connectivity index (χ1) is 7.52. The Labute approximate surface area is 100 Å². The standard InChI is InChI=1S/C14H27NO/c1-14(2)10-6-9-12(13(14)16)15(3)11-7-4-5-8-11/h11-13,16H,4-10H2,1-3H3. The van der Waals surface area contributed by atoms with Crippen LogP contribution in [0.1, 0.15) is 58.8 Å². The van der Waals surface area contributed by atoms with Crippen LogP contribution in [0, 0.1) is 5.41 Å². The number of aliphatic hydroxyl groups is 1. The summed E-state index contributed by atoms with van der Waals surface area (Å²) in [5.41, 5.74) is 0.107. The van der Waals surface area contributed by atoms with E-state index >= 15 is 0 Å². The zero-order valence-corrected chi connectivity index (χ0v) is 11.1. The highest BCUT2D eigenvalue weighted by molar-refractivity contribution is 4.94. The maximum absolute atomic E-state index is 10.5. The van der Waals surface area contributed by atoms with Gasteiger partial charge in [-0.1, -0.05) is 33.1 Å². The lowest BCUT2D eigenvalue weighted by atomic mass is 9.72. The molecule has 94 valence electrons. The minimum atomic E-state index is -0.146. The summed E-state index contributed by atoms with van der Waals surface area (Å²) in [5, 5.41) is 10.5. The second-order valence-electron chi connectivity index (χ2n) is 6.50. The molecule has 0 spiro atoms. The van der Waals surface area contributed by atoms with Gasteiger partial charge in [-0.3, -0.25) is 4.90 Å². The Morgan fingerprint density at radius 2 is 1.69 bits per heavy atom. The predicted molar refractivity (Wildman–Crippen MR) is 67.4 cm³/mol. The SMILES string of the molecule is CN(C1CCCC1)C1CCCC(C)(C)C1O. The van der Waals surface area contributed by atoms with E-state index in [9.17, 15) is 5.11 Å². The van der Waals surface area contributed by atoms with Crippen LogP contribution < -0.4 is 0 Å². The summed E-state index contributed by atoms with van der Waals surface area (Å²) in [6.07, 6.45) is 8.89. The lowest BCUT2D eigenvalue weighted by Crippen LogP contribution is -2.53. The van der Waals surface area contributed by atoms with Gasteiger partial charge in [0.05, 0.1) is 6.10 Å². The molecule has 2 aliphatic rings. The Morgan fingerprint density at radius 3 is 2.31 bits per heavy atom. The molecule has 0 aromatic heterocycles. The summed E-state index contributed by atoms with van der Waals surface area (Å²) in [7, 11) is 2.23. The maximum Gasteiger partial charge on any atom is 0.0746 e. The van der Waals surface area contributed by atoms with Crippen LogP contribution in [0.15, 0.2) is 0 Å². The first-order valence-electron chi connectivity index (χ1n) is 6.92. The van der Waals surface area contributed by atoms with E-state index in [4.69, 9.17) is 0 Å². The first kappa shape index (κ1) is 12.4. The third-order valence-electron chi connectivity index (χ3n) is 4.91. The third kappa shape index (κ3) is 2.28. The summed E-state index contributed by atoms with van der Waals surface area (Å²) in [4.78, 5) is 2.48. The molecule has 0 radical (unpaired) electrons. The van der Waals surface area contributed by atoms with Crippen LogP contribution in [-0.4, -0.2) is 35.2 Å². The van der Waals surface area contributed by atoms with Gasteiger partial charge < -0.3 is 5.11 Å². The monoisotopic (exact) mass is 225 g/mol. The van der Waals surface area contributed by atoms with Gasteiger partial charge in [-0.25, -0.2) is 0 Å². The predicted octanol–water partition coefficient (Wildman–Crippen LogP) is 2.80. The molecule has 0 aromatic carbocycles. The summed E-state index contributed by atoms with van der Waals surface area (Å²) in [5.74, 6) is 0. The Balaban J connectivity index is 2.01. The second-order valence-corrected chi connectivity index (χ2v) is 6.50. The summed E-state index contributed by atoms with van der Waals surface area (Å²) < 4.78 is 0. The van der Waals surface area contributed by atoms with Gasteiger partial charge in [-0.15, -0.1) is 0 Å². The van der Waals surface area contributed by atoms with Gasteiger partial charge in [-0.05, 0) is 38.1 Å². The Morgan fingerprint density at radius 1 is 1.06 bits per heavy atom. The molecule has 0 aromatic rings. The van der Waals surface area contributed by atoms with Crippen LogP contribution in [0.25, 0.3) is 0 Å². The van der Waals surface area contributed by atoms with Gasteiger partial charge in [0, 0.05) is 12.1 Å². The van der Waals surface area contributed by atoms with Crippen molar-refractivity contribution in [2.75, 3.05) is 7.05 Å². The maximum atomic E-state index is 10.5. The van der Waals surface area contributed by atoms with Crippen molar-refractivity contribution < 1.29 is 5.11 Å². The molecule has 2 saturated carbocycles. The zero-order valence-electron chi connectivity index (χ0n) is 11.1. The Kier molecular flexibility index (Phi) is 3.60. The number of hydrogen-bond acceptors (Lipinski definition) is 2. The van der Waals surface area contributed by atoms with Crippen molar-refractivity contribution in [3.8, 4) is 0 Å². The van der Waals surface area contributed by atoms with Gasteiger partial charge in [0.1, 0.15) is 0 Å². The van der Waals surface area contributed by atoms with Gasteiger partial charge >= 0.3 is 0 Å². The van der Waals surface area contributed by atoms with Crippen LogP contribution in [0.3, 0.4) is 0 Å². The van der Waals surface area contributed by atoms with E-state index in [2.05, 4.69) is 25.8 Å². The molecule has 1 N–H and O–H groups in total. The fourth-order valence-electron chi connectivity index (χ4n) is 3.60. The van der Waals surface area contributed by atoms with Crippen molar-refractivity contribution >= 4 is 0 Å². The molecule has 0 heterocycles. The minimum Gasteiger partial charge on any atom is -0.391 e. The minimum absolute atomic E-state index is 0.107. The average molecular weight is 225 g/mol. The van der Waals surface area contributed by atoms with Gasteiger partial charge in [0.2, 0.25) is 0 Å². The largest absolute Gasteiger partial charge is 0.391 e. The first-order valence-corrected chi connectivity index (χ1v) is 6.92. The summed E-state index contributed by atoms with van der Waals surface area (Å²) in [6, 6.07) is 1.13. The van der Waals surface area contributed by atoms with Crippen LogP contribution in [-0.2, 0) is 0 Å². The van der Waals surface area contributed by atoms with Gasteiger partial charge in [-0.2, -0.15) is 0 Å². The quantitative estimate of drug-likeness (QED) is 0.781. The molecule has 0 bridgehead atoms. The number of hydrogen-bond donors (Lipinski definition) is 1. The smallest absolute Gasteiger partial charge is 0.0746 e. The third-order valence-corrected chi connectivity index (χ3v) is 4.91. The van der Waals surface area contributed by atoms with Gasteiger partial charge in [0.25, 0.3) is 0 Å². The van der Waals surface area contributed by atoms with Crippen LogP contribution in [0.2, 0.25) is 0 Å². The van der Waals surface area contributed by atoms with Crippen molar-refractivity contribution in [2.45, 2.75) is 77.0 Å². The van der Waals surface area contributed by atoms with E-state index in [0.717, 1.165) is 6.04 Å². The second kappa shape index (κ2) is 4.66. The molecular weight excluding hydrogens is 198 g/mol. The van der Waals surface area contributed by atoms with Crippen LogP contribution in [0.4, 0.5) is 0 Å². The molecule has 2 aliphatic carbocycles. The topological polar surface area (TPSA) is 23.5 Å². The van der Waals surface area contributed by atoms with E-state index in [0.29, 0.717) is 6.04 Å². The molecular formula is C14H27NO. The molecule has 0 amide bonds. The molecule has 2 fully saturated rings. The molecule has 2 nitrogen and oxygen atoms in total. The van der Waals surface area contributed by atoms with Crippen molar-refractivity contribution in [1.29, 1.82) is 0 Å².